The van der Waals surface area contributed by atoms with E-state index in [-0.39, 0.29) is 12.0 Å². The number of phosphoric ester groups is 1. The molecule has 1 atom stereocenters. The highest BCUT2D eigenvalue weighted by Gasteiger charge is 2.27. The van der Waals surface area contributed by atoms with Crippen molar-refractivity contribution in [3.05, 3.63) is 29.3 Å². The lowest BCUT2D eigenvalue weighted by molar-refractivity contribution is 0.198. The van der Waals surface area contributed by atoms with E-state index in [4.69, 9.17) is 9.05 Å². The van der Waals surface area contributed by atoms with Crippen molar-refractivity contribution < 1.29 is 18.5 Å². The van der Waals surface area contributed by atoms with Crippen molar-refractivity contribution in [3.63, 3.8) is 0 Å². The molecule has 0 radical (unpaired) electrons. The highest BCUT2D eigenvalue weighted by Crippen LogP contribution is 2.46. The first kappa shape index (κ1) is 22.2. The molecule has 1 N–H and O–H groups in total. The number of phosphoric acid groups is 1. The average Bonchev–Trinajstić information content (AvgIpc) is 2.50. The highest BCUT2D eigenvalue weighted by atomic mass is 31.2. The van der Waals surface area contributed by atoms with Crippen LogP contribution < -0.4 is 4.52 Å². The zero-order valence-corrected chi connectivity index (χ0v) is 17.4. The molecule has 0 saturated heterocycles. The third kappa shape index (κ3) is 8.89. The topological polar surface area (TPSA) is 55.8 Å². The van der Waals surface area contributed by atoms with E-state index < -0.39 is 7.82 Å². The van der Waals surface area contributed by atoms with Crippen LogP contribution in [0.1, 0.15) is 83.8 Å². The molecule has 0 aliphatic rings. The van der Waals surface area contributed by atoms with Crippen molar-refractivity contribution in [1.82, 2.24) is 0 Å². The van der Waals surface area contributed by atoms with Crippen LogP contribution in [0.4, 0.5) is 0 Å². The van der Waals surface area contributed by atoms with Crippen LogP contribution in [0.5, 0.6) is 5.75 Å². The van der Waals surface area contributed by atoms with Gasteiger partial charge in [0, 0.05) is 5.56 Å². The van der Waals surface area contributed by atoms with Crippen LogP contribution in [0.15, 0.2) is 18.2 Å². The summed E-state index contributed by atoms with van der Waals surface area (Å²) < 4.78 is 22.7. The van der Waals surface area contributed by atoms with Crippen molar-refractivity contribution in [1.29, 1.82) is 0 Å². The molecule has 0 aliphatic carbocycles. The van der Waals surface area contributed by atoms with Gasteiger partial charge in [-0.25, -0.2) is 4.57 Å². The normalized spacial score (nSPS) is 14.3. The van der Waals surface area contributed by atoms with Gasteiger partial charge < -0.3 is 4.52 Å². The molecule has 5 heteroatoms. The second-order valence-corrected chi connectivity index (χ2v) is 9.14. The Morgan fingerprint density at radius 3 is 2.24 bits per heavy atom. The number of aryl methyl sites for hydroxylation is 1. The monoisotopic (exact) mass is 370 g/mol. The fraction of sp³-hybridized carbons (Fsp3) is 0.700. The van der Waals surface area contributed by atoms with Crippen LogP contribution in [-0.4, -0.2) is 11.5 Å². The van der Waals surface area contributed by atoms with Crippen LogP contribution in [0.25, 0.3) is 0 Å². The minimum atomic E-state index is -4.09. The average molecular weight is 370 g/mol. The number of unbranched alkanes of at least 4 members (excludes halogenated alkanes) is 6. The second kappa shape index (κ2) is 10.4. The van der Waals surface area contributed by atoms with Gasteiger partial charge in [-0.3, -0.25) is 9.42 Å². The Morgan fingerprint density at radius 2 is 1.64 bits per heavy atom. The number of rotatable bonds is 11. The third-order valence-electron chi connectivity index (χ3n) is 4.16. The third-order valence-corrected chi connectivity index (χ3v) is 5.10. The molecule has 4 nitrogen and oxygen atoms in total. The van der Waals surface area contributed by atoms with Gasteiger partial charge in [-0.15, -0.1) is 0 Å². The molecule has 0 amide bonds. The lowest BCUT2D eigenvalue weighted by Gasteiger charge is -2.24. The van der Waals surface area contributed by atoms with E-state index in [0.29, 0.717) is 5.75 Å². The first-order chi connectivity index (χ1) is 11.7. The molecular formula is C20H35O4P. The van der Waals surface area contributed by atoms with Crippen molar-refractivity contribution in [2.75, 3.05) is 6.61 Å². The maximum absolute atomic E-state index is 12.2. The van der Waals surface area contributed by atoms with Crippen LogP contribution in [0.2, 0.25) is 0 Å². The predicted octanol–water partition coefficient (Wildman–Crippen LogP) is 6.54. The molecule has 1 aromatic rings. The molecule has 0 heterocycles. The van der Waals surface area contributed by atoms with Crippen molar-refractivity contribution in [2.45, 2.75) is 85.0 Å². The van der Waals surface area contributed by atoms with Gasteiger partial charge in [-0.05, 0) is 24.8 Å². The Kier molecular flexibility index (Phi) is 9.20. The fourth-order valence-electron chi connectivity index (χ4n) is 2.70. The summed E-state index contributed by atoms with van der Waals surface area (Å²) >= 11 is 0. The molecule has 144 valence electrons. The molecule has 0 aromatic heterocycles. The first-order valence-corrected chi connectivity index (χ1v) is 10.9. The summed E-state index contributed by atoms with van der Waals surface area (Å²) in [6, 6.07) is 5.61. The maximum Gasteiger partial charge on any atom is 0.527 e. The Hall–Kier alpha value is -0.830. The molecule has 0 spiro atoms. The second-order valence-electron chi connectivity index (χ2n) is 7.76. The molecule has 0 aliphatic heterocycles. The molecule has 1 rings (SSSR count). The molecule has 0 saturated carbocycles. The van der Waals surface area contributed by atoms with Gasteiger partial charge in [0.1, 0.15) is 5.75 Å². The van der Waals surface area contributed by atoms with Crippen LogP contribution in [-0.2, 0) is 14.5 Å². The minimum Gasteiger partial charge on any atom is -0.404 e. The summed E-state index contributed by atoms with van der Waals surface area (Å²) in [5, 5.41) is 0. The van der Waals surface area contributed by atoms with Crippen LogP contribution >= 0.6 is 7.82 Å². The standard InChI is InChI=1S/C20H35O4P/c1-6-7-8-9-10-11-12-15-23-25(21,22)24-19-14-13-17(2)16-18(19)20(3,4)5/h13-14,16H,6-12,15H2,1-5H3,(H,21,22). The Labute approximate surface area is 153 Å². The van der Waals surface area contributed by atoms with Crippen molar-refractivity contribution in [2.24, 2.45) is 0 Å². The van der Waals surface area contributed by atoms with Gasteiger partial charge in [0.05, 0.1) is 6.61 Å². The fourth-order valence-corrected chi connectivity index (χ4v) is 3.52. The van der Waals surface area contributed by atoms with E-state index in [1.165, 1.54) is 25.7 Å². The predicted molar refractivity (Wildman–Crippen MR) is 104 cm³/mol. The van der Waals surface area contributed by atoms with E-state index >= 15 is 0 Å². The van der Waals surface area contributed by atoms with Crippen LogP contribution in [0, 0.1) is 6.92 Å². The Morgan fingerprint density at radius 1 is 1.04 bits per heavy atom. The Bertz CT molecular complexity index is 563. The highest BCUT2D eigenvalue weighted by molar-refractivity contribution is 7.47. The lowest BCUT2D eigenvalue weighted by atomic mass is 9.85. The summed E-state index contributed by atoms with van der Waals surface area (Å²) in [5.41, 5.74) is 1.81. The molecule has 1 unspecified atom stereocenters. The lowest BCUT2D eigenvalue weighted by Crippen LogP contribution is -2.13. The smallest absolute Gasteiger partial charge is 0.404 e. The van der Waals surface area contributed by atoms with Gasteiger partial charge in [0.25, 0.3) is 0 Å². The zero-order chi connectivity index (χ0) is 18.9. The summed E-state index contributed by atoms with van der Waals surface area (Å²) in [4.78, 5) is 10.0. The summed E-state index contributed by atoms with van der Waals surface area (Å²) in [7, 11) is -4.09. The van der Waals surface area contributed by atoms with E-state index in [1.807, 2.05) is 19.1 Å². The summed E-state index contributed by atoms with van der Waals surface area (Å²) in [5.74, 6) is 0.420. The van der Waals surface area contributed by atoms with Gasteiger partial charge in [0.15, 0.2) is 0 Å². The Balaban J connectivity index is 2.49. The quantitative estimate of drug-likeness (QED) is 0.355. The first-order valence-electron chi connectivity index (χ1n) is 9.44. The van der Waals surface area contributed by atoms with Crippen molar-refractivity contribution in [3.8, 4) is 5.75 Å². The van der Waals surface area contributed by atoms with Crippen LogP contribution in [0.3, 0.4) is 0 Å². The summed E-state index contributed by atoms with van der Waals surface area (Å²) in [6.45, 7) is 10.6. The van der Waals surface area contributed by atoms with E-state index in [0.717, 1.165) is 30.4 Å². The minimum absolute atomic E-state index is 0.181. The van der Waals surface area contributed by atoms with Gasteiger partial charge in [0.2, 0.25) is 0 Å². The van der Waals surface area contributed by atoms with E-state index in [2.05, 4.69) is 27.7 Å². The van der Waals surface area contributed by atoms with Gasteiger partial charge in [-0.1, -0.05) is 83.9 Å². The maximum atomic E-state index is 12.2. The van der Waals surface area contributed by atoms with E-state index in [9.17, 15) is 9.46 Å². The number of benzene rings is 1. The van der Waals surface area contributed by atoms with Gasteiger partial charge >= 0.3 is 7.82 Å². The number of hydrogen-bond donors (Lipinski definition) is 1. The zero-order valence-electron chi connectivity index (χ0n) is 16.5. The SMILES string of the molecule is CCCCCCCCCOP(=O)(O)Oc1ccc(C)cc1C(C)(C)C. The molecule has 1 aromatic carbocycles. The van der Waals surface area contributed by atoms with Gasteiger partial charge in [-0.2, -0.15) is 0 Å². The number of hydrogen-bond acceptors (Lipinski definition) is 3. The molecule has 0 bridgehead atoms. The largest absolute Gasteiger partial charge is 0.527 e. The summed E-state index contributed by atoms with van der Waals surface area (Å²) in [6.07, 6.45) is 7.95. The van der Waals surface area contributed by atoms with E-state index in [1.54, 1.807) is 6.07 Å². The molecule has 25 heavy (non-hydrogen) atoms. The van der Waals surface area contributed by atoms with Crippen molar-refractivity contribution >= 4 is 7.82 Å². The molecule has 0 fully saturated rings. The molecular weight excluding hydrogens is 335 g/mol.